The van der Waals surface area contributed by atoms with Gasteiger partial charge in [0.2, 0.25) is 0 Å². The summed E-state index contributed by atoms with van der Waals surface area (Å²) in [6.07, 6.45) is 3.25. The van der Waals surface area contributed by atoms with Crippen molar-refractivity contribution in [2.45, 2.75) is 0 Å². The molecule has 1 aromatic heterocycles. The summed E-state index contributed by atoms with van der Waals surface area (Å²) >= 11 is 0. The fourth-order valence-corrected chi connectivity index (χ4v) is 0.227. The molecule has 0 atom stereocenters. The highest BCUT2D eigenvalue weighted by Gasteiger charge is 1.58. The summed E-state index contributed by atoms with van der Waals surface area (Å²) in [6, 6.07) is 3.67. The molecule has 0 saturated heterocycles. The van der Waals surface area contributed by atoms with Gasteiger partial charge in [-0.1, -0.05) is 0 Å². The molecule has 1 heterocycles. The Hall–Kier alpha value is -1.45. The predicted octanol–water partition coefficient (Wildman–Crippen LogP) is 0.118. The summed E-state index contributed by atoms with van der Waals surface area (Å²) in [7, 11) is 0. The molecule has 0 bridgehead atoms. The topological polar surface area (TPSA) is 89.0 Å². The predicted molar refractivity (Wildman–Crippen MR) is 34.8 cm³/mol. The van der Waals surface area contributed by atoms with Crippen LogP contribution in [0, 0.1) is 5.41 Å². The van der Waals surface area contributed by atoms with Crippen molar-refractivity contribution < 1.29 is 4.42 Å². The van der Waals surface area contributed by atoms with Crippen LogP contribution < -0.4 is 11.5 Å². The van der Waals surface area contributed by atoms with E-state index < -0.39 is 0 Å². The summed E-state index contributed by atoms with van der Waals surface area (Å²) in [4.78, 5) is 0. The van der Waals surface area contributed by atoms with E-state index in [1.54, 1.807) is 12.5 Å². The Labute approximate surface area is 53.0 Å². The number of rotatable bonds is 0. The third-order valence-corrected chi connectivity index (χ3v) is 0.425. The van der Waals surface area contributed by atoms with Crippen LogP contribution in [-0.2, 0) is 0 Å². The van der Waals surface area contributed by atoms with Crippen molar-refractivity contribution in [3.05, 3.63) is 24.7 Å². The molecule has 0 amide bonds. The maximum Gasteiger partial charge on any atom is 0.183 e. The van der Waals surface area contributed by atoms with E-state index in [9.17, 15) is 0 Å². The normalized spacial score (nSPS) is 7.11. The zero-order valence-corrected chi connectivity index (χ0v) is 4.87. The molecule has 0 radical (unpaired) electrons. The van der Waals surface area contributed by atoms with Crippen LogP contribution in [-0.4, -0.2) is 5.96 Å². The highest BCUT2D eigenvalue weighted by atomic mass is 16.3. The molecule has 9 heavy (non-hydrogen) atoms. The van der Waals surface area contributed by atoms with Gasteiger partial charge in [-0.25, -0.2) is 0 Å². The van der Waals surface area contributed by atoms with E-state index >= 15 is 0 Å². The second-order valence-corrected chi connectivity index (χ2v) is 1.25. The van der Waals surface area contributed by atoms with Gasteiger partial charge in [-0.2, -0.15) is 0 Å². The Balaban J connectivity index is 0.000000148. The smallest absolute Gasteiger partial charge is 0.183 e. The Morgan fingerprint density at radius 2 is 1.56 bits per heavy atom. The van der Waals surface area contributed by atoms with E-state index in [0.717, 1.165) is 0 Å². The molecule has 0 saturated carbocycles. The zero-order chi connectivity index (χ0) is 7.11. The maximum absolute atomic E-state index is 6.06. The average Bonchev–Trinajstić information content (AvgIpc) is 2.11. The van der Waals surface area contributed by atoms with Crippen LogP contribution in [0.25, 0.3) is 0 Å². The molecule has 0 aliphatic carbocycles. The first-order valence-corrected chi connectivity index (χ1v) is 2.30. The van der Waals surface area contributed by atoms with Crippen molar-refractivity contribution in [2.24, 2.45) is 11.5 Å². The van der Waals surface area contributed by atoms with Crippen molar-refractivity contribution in [1.29, 1.82) is 5.41 Å². The molecule has 0 aliphatic rings. The Morgan fingerprint density at radius 3 is 1.67 bits per heavy atom. The molecule has 1 rings (SSSR count). The molecule has 0 aromatic carbocycles. The van der Waals surface area contributed by atoms with Gasteiger partial charge in [-0.15, -0.1) is 0 Å². The number of nitrogens with one attached hydrogen (secondary N) is 1. The van der Waals surface area contributed by atoms with Gasteiger partial charge in [0.15, 0.2) is 5.96 Å². The molecule has 0 aliphatic heterocycles. The number of furan rings is 1. The van der Waals surface area contributed by atoms with Crippen molar-refractivity contribution in [1.82, 2.24) is 0 Å². The van der Waals surface area contributed by atoms with Crippen LogP contribution in [0.5, 0.6) is 0 Å². The van der Waals surface area contributed by atoms with E-state index in [-0.39, 0.29) is 5.96 Å². The van der Waals surface area contributed by atoms with Crippen molar-refractivity contribution >= 4 is 5.96 Å². The maximum atomic E-state index is 6.06. The minimum absolute atomic E-state index is 0.333. The van der Waals surface area contributed by atoms with Crippen LogP contribution in [0.1, 0.15) is 0 Å². The minimum Gasteiger partial charge on any atom is -0.473 e. The molecule has 0 fully saturated rings. The minimum atomic E-state index is -0.333. The lowest BCUT2D eigenvalue weighted by Crippen LogP contribution is -2.20. The van der Waals surface area contributed by atoms with E-state index in [2.05, 4.69) is 15.9 Å². The number of hydrogen-bond acceptors (Lipinski definition) is 2. The molecule has 50 valence electrons. The summed E-state index contributed by atoms with van der Waals surface area (Å²) in [5, 5.41) is 6.06. The summed E-state index contributed by atoms with van der Waals surface area (Å²) < 4.78 is 4.58. The molecule has 0 spiro atoms. The molecular weight excluding hydrogens is 118 g/mol. The second kappa shape index (κ2) is 4.70. The number of nitrogens with two attached hydrogens (primary N) is 2. The lowest BCUT2D eigenvalue weighted by Gasteiger charge is -1.69. The molecule has 5 N–H and O–H groups in total. The average molecular weight is 127 g/mol. The first kappa shape index (κ1) is 7.55. The fourth-order valence-electron chi connectivity index (χ4n) is 0.227. The van der Waals surface area contributed by atoms with Gasteiger partial charge in [0.05, 0.1) is 12.5 Å². The first-order valence-electron chi connectivity index (χ1n) is 2.30. The van der Waals surface area contributed by atoms with Gasteiger partial charge in [-0.05, 0) is 12.1 Å². The largest absolute Gasteiger partial charge is 0.473 e. The highest BCUT2D eigenvalue weighted by Crippen LogP contribution is 1.79. The van der Waals surface area contributed by atoms with Gasteiger partial charge >= 0.3 is 0 Å². The standard InChI is InChI=1S/C4H4O.CH5N3/c1-2-4-5-3-1;2-1(3)4/h1-4H;(H5,2,3,4). The zero-order valence-electron chi connectivity index (χ0n) is 4.87. The lowest BCUT2D eigenvalue weighted by molar-refractivity contribution is 0.567. The SMILES string of the molecule is N=C(N)N.c1ccoc1. The van der Waals surface area contributed by atoms with Crippen LogP contribution in [0.4, 0.5) is 0 Å². The van der Waals surface area contributed by atoms with Crippen LogP contribution in [0.2, 0.25) is 0 Å². The number of hydrogen-bond donors (Lipinski definition) is 3. The second-order valence-electron chi connectivity index (χ2n) is 1.25. The summed E-state index contributed by atoms with van der Waals surface area (Å²) in [5.41, 5.74) is 8.94. The molecule has 0 unspecified atom stereocenters. The van der Waals surface area contributed by atoms with Crippen LogP contribution >= 0.6 is 0 Å². The Kier molecular flexibility index (Phi) is 3.95. The molecule has 1 aromatic rings. The lowest BCUT2D eigenvalue weighted by atomic mass is 10.7. The monoisotopic (exact) mass is 127 g/mol. The first-order chi connectivity index (χ1) is 4.23. The van der Waals surface area contributed by atoms with E-state index in [0.29, 0.717) is 0 Å². The van der Waals surface area contributed by atoms with E-state index in [4.69, 9.17) is 5.41 Å². The van der Waals surface area contributed by atoms with Crippen molar-refractivity contribution in [3.63, 3.8) is 0 Å². The number of guanidine groups is 1. The van der Waals surface area contributed by atoms with Gasteiger partial charge in [0, 0.05) is 0 Å². The molecule has 4 nitrogen and oxygen atoms in total. The summed E-state index contributed by atoms with van der Waals surface area (Å²) in [6.45, 7) is 0. The van der Waals surface area contributed by atoms with Crippen molar-refractivity contribution in [3.8, 4) is 0 Å². The molecular formula is C5H9N3O. The fraction of sp³-hybridized carbons (Fsp3) is 0. The third-order valence-electron chi connectivity index (χ3n) is 0.425. The Bertz CT molecular complexity index is 126. The van der Waals surface area contributed by atoms with Gasteiger partial charge in [0.25, 0.3) is 0 Å². The van der Waals surface area contributed by atoms with E-state index in [1.165, 1.54) is 0 Å². The van der Waals surface area contributed by atoms with Crippen LogP contribution in [0.3, 0.4) is 0 Å². The van der Waals surface area contributed by atoms with Gasteiger partial charge in [0.1, 0.15) is 0 Å². The Morgan fingerprint density at radius 1 is 1.22 bits per heavy atom. The van der Waals surface area contributed by atoms with Gasteiger partial charge in [-0.3, -0.25) is 5.41 Å². The molecule has 4 heteroatoms. The van der Waals surface area contributed by atoms with Crippen LogP contribution in [0.15, 0.2) is 29.1 Å². The quantitative estimate of drug-likeness (QED) is 0.341. The van der Waals surface area contributed by atoms with E-state index in [1.807, 2.05) is 12.1 Å². The summed E-state index contributed by atoms with van der Waals surface area (Å²) in [5.74, 6) is -0.333. The van der Waals surface area contributed by atoms with Crippen molar-refractivity contribution in [2.75, 3.05) is 0 Å². The third kappa shape index (κ3) is 10.8. The van der Waals surface area contributed by atoms with Gasteiger partial charge < -0.3 is 15.9 Å². The highest BCUT2D eigenvalue weighted by molar-refractivity contribution is 5.71.